The topological polar surface area (TPSA) is 58.6 Å². The third kappa shape index (κ3) is 2.88. The number of halogens is 1. The van der Waals surface area contributed by atoms with Crippen LogP contribution in [-0.2, 0) is 4.74 Å². The Balaban J connectivity index is 1.50. The molecule has 0 atom stereocenters. The number of ether oxygens (including phenoxy) is 1. The van der Waals surface area contributed by atoms with Gasteiger partial charge < -0.3 is 9.84 Å². The molecule has 0 unspecified atom stereocenters. The van der Waals surface area contributed by atoms with Gasteiger partial charge in [0.15, 0.2) is 0 Å². The van der Waals surface area contributed by atoms with E-state index in [0.29, 0.717) is 0 Å². The van der Waals surface area contributed by atoms with Crippen molar-refractivity contribution < 1.29 is 19.0 Å². The first-order chi connectivity index (χ1) is 12.6. The van der Waals surface area contributed by atoms with Gasteiger partial charge in [-0.05, 0) is 34.4 Å². The van der Waals surface area contributed by atoms with E-state index in [-0.39, 0.29) is 24.0 Å². The van der Waals surface area contributed by atoms with E-state index in [2.05, 4.69) is 17.4 Å². The van der Waals surface area contributed by atoms with Crippen LogP contribution in [0.15, 0.2) is 66.7 Å². The predicted octanol–water partition coefficient (Wildman–Crippen LogP) is 4.89. The van der Waals surface area contributed by atoms with Crippen molar-refractivity contribution in [2.45, 2.75) is 5.92 Å². The summed E-state index contributed by atoms with van der Waals surface area (Å²) >= 11 is 0. The lowest BCUT2D eigenvalue weighted by molar-refractivity contribution is 0.158. The molecule has 0 aromatic heterocycles. The molecule has 5 heteroatoms. The summed E-state index contributed by atoms with van der Waals surface area (Å²) in [6.45, 7) is 0.168. The van der Waals surface area contributed by atoms with Gasteiger partial charge in [-0.3, -0.25) is 5.32 Å². The van der Waals surface area contributed by atoms with Crippen molar-refractivity contribution in [1.29, 1.82) is 0 Å². The summed E-state index contributed by atoms with van der Waals surface area (Å²) < 4.78 is 18.4. The first kappa shape index (κ1) is 16.1. The molecule has 0 spiro atoms. The van der Waals surface area contributed by atoms with E-state index in [9.17, 15) is 14.3 Å². The fraction of sp³-hybridized carbons (Fsp3) is 0.0952. The zero-order valence-corrected chi connectivity index (χ0v) is 13.8. The lowest BCUT2D eigenvalue weighted by atomic mass is 9.98. The minimum absolute atomic E-state index is 0.0463. The number of nitrogens with one attached hydrogen (secondary N) is 1. The number of benzene rings is 3. The van der Waals surface area contributed by atoms with Gasteiger partial charge in [0, 0.05) is 12.0 Å². The van der Waals surface area contributed by atoms with Crippen LogP contribution in [0.1, 0.15) is 17.0 Å². The smallest absolute Gasteiger partial charge is 0.411 e. The van der Waals surface area contributed by atoms with E-state index in [0.717, 1.165) is 34.4 Å². The third-order valence-corrected chi connectivity index (χ3v) is 4.54. The molecule has 26 heavy (non-hydrogen) atoms. The number of rotatable bonds is 3. The van der Waals surface area contributed by atoms with Gasteiger partial charge in [-0.1, -0.05) is 48.5 Å². The van der Waals surface area contributed by atoms with Crippen LogP contribution in [-0.4, -0.2) is 17.8 Å². The second-order valence-electron chi connectivity index (χ2n) is 6.11. The van der Waals surface area contributed by atoms with Crippen molar-refractivity contribution in [3.8, 4) is 16.9 Å². The van der Waals surface area contributed by atoms with Crippen LogP contribution in [0.5, 0.6) is 5.75 Å². The maximum absolute atomic E-state index is 13.0. The van der Waals surface area contributed by atoms with E-state index in [4.69, 9.17) is 4.74 Å². The number of hydrogen-bond donors (Lipinski definition) is 2. The van der Waals surface area contributed by atoms with E-state index in [1.165, 1.54) is 6.07 Å². The molecule has 0 heterocycles. The number of phenolic OH excluding ortho intramolecular Hbond substituents is 1. The van der Waals surface area contributed by atoms with Crippen LogP contribution in [0.4, 0.5) is 14.9 Å². The number of fused-ring (bicyclic) bond motifs is 3. The zero-order valence-electron chi connectivity index (χ0n) is 13.8. The van der Waals surface area contributed by atoms with Crippen molar-refractivity contribution in [3.05, 3.63) is 83.7 Å². The first-order valence-electron chi connectivity index (χ1n) is 8.24. The second-order valence-corrected chi connectivity index (χ2v) is 6.11. The van der Waals surface area contributed by atoms with Gasteiger partial charge in [-0.25, -0.2) is 9.18 Å². The summed E-state index contributed by atoms with van der Waals surface area (Å²) in [5, 5.41) is 12.1. The maximum Gasteiger partial charge on any atom is 0.411 e. The third-order valence-electron chi connectivity index (χ3n) is 4.54. The maximum atomic E-state index is 13.0. The molecule has 0 fully saturated rings. The molecule has 0 bridgehead atoms. The van der Waals surface area contributed by atoms with Crippen LogP contribution in [0.25, 0.3) is 11.1 Å². The van der Waals surface area contributed by atoms with Gasteiger partial charge in [0.05, 0.1) is 5.69 Å². The Morgan fingerprint density at radius 3 is 2.23 bits per heavy atom. The highest BCUT2D eigenvalue weighted by Gasteiger charge is 2.29. The van der Waals surface area contributed by atoms with E-state index < -0.39 is 11.9 Å². The standard InChI is InChI=1S/C21H16FNO3/c22-13-9-10-19(20(24)11-13)23-21(25)26-12-18-16-7-3-1-5-14(16)15-6-2-4-8-17(15)18/h1-11,18,24H,12H2,(H,23,25). The minimum atomic E-state index is -0.700. The van der Waals surface area contributed by atoms with Crippen molar-refractivity contribution in [1.82, 2.24) is 0 Å². The molecule has 130 valence electrons. The van der Waals surface area contributed by atoms with Crippen LogP contribution < -0.4 is 5.32 Å². The molecular formula is C21H16FNO3. The highest BCUT2D eigenvalue weighted by molar-refractivity contribution is 5.87. The Kier molecular flexibility index (Phi) is 4.05. The Morgan fingerprint density at radius 1 is 1.00 bits per heavy atom. The highest BCUT2D eigenvalue weighted by Crippen LogP contribution is 2.44. The number of amides is 1. The van der Waals surface area contributed by atoms with Crippen molar-refractivity contribution in [3.63, 3.8) is 0 Å². The molecule has 4 rings (SSSR count). The Labute approximate surface area is 149 Å². The molecule has 1 amide bonds. The molecule has 1 aliphatic rings. The van der Waals surface area contributed by atoms with E-state index >= 15 is 0 Å². The number of phenols is 1. The number of anilines is 1. The fourth-order valence-electron chi connectivity index (χ4n) is 3.35. The zero-order chi connectivity index (χ0) is 18.1. The Morgan fingerprint density at radius 2 is 1.62 bits per heavy atom. The molecule has 2 N–H and O–H groups in total. The predicted molar refractivity (Wildman–Crippen MR) is 96.8 cm³/mol. The van der Waals surface area contributed by atoms with Gasteiger partial charge in [0.2, 0.25) is 0 Å². The molecule has 0 saturated carbocycles. The monoisotopic (exact) mass is 349 g/mol. The lowest BCUT2D eigenvalue weighted by Crippen LogP contribution is -2.18. The van der Waals surface area contributed by atoms with Crippen molar-refractivity contribution >= 4 is 11.8 Å². The molecule has 1 aliphatic carbocycles. The molecule has 0 saturated heterocycles. The molecule has 0 radical (unpaired) electrons. The van der Waals surface area contributed by atoms with Crippen LogP contribution >= 0.6 is 0 Å². The Bertz CT molecular complexity index is 941. The van der Waals surface area contributed by atoms with Crippen LogP contribution in [0.2, 0.25) is 0 Å². The number of carbonyl (C=O) groups excluding carboxylic acids is 1. The van der Waals surface area contributed by atoms with Gasteiger partial charge in [-0.15, -0.1) is 0 Å². The fourth-order valence-corrected chi connectivity index (χ4v) is 3.35. The lowest BCUT2D eigenvalue weighted by Gasteiger charge is -2.15. The molecule has 0 aliphatic heterocycles. The second kappa shape index (κ2) is 6.52. The summed E-state index contributed by atoms with van der Waals surface area (Å²) in [6.07, 6.45) is -0.700. The SMILES string of the molecule is O=C(Nc1ccc(F)cc1O)OCC1c2ccccc2-c2ccccc21. The van der Waals surface area contributed by atoms with Gasteiger partial charge in [-0.2, -0.15) is 0 Å². The molecule has 3 aromatic carbocycles. The van der Waals surface area contributed by atoms with Gasteiger partial charge in [0.1, 0.15) is 18.2 Å². The number of aromatic hydroxyl groups is 1. The number of hydrogen-bond acceptors (Lipinski definition) is 3. The van der Waals surface area contributed by atoms with Crippen molar-refractivity contribution in [2.75, 3.05) is 11.9 Å². The highest BCUT2D eigenvalue weighted by atomic mass is 19.1. The summed E-state index contributed by atoms with van der Waals surface area (Å²) in [6, 6.07) is 19.5. The minimum Gasteiger partial charge on any atom is -0.506 e. The first-order valence-corrected chi connectivity index (χ1v) is 8.24. The molecule has 4 nitrogen and oxygen atoms in total. The van der Waals surface area contributed by atoms with Crippen molar-refractivity contribution in [2.24, 2.45) is 0 Å². The number of carbonyl (C=O) groups is 1. The summed E-state index contributed by atoms with van der Waals surface area (Å²) in [5.74, 6) is -0.978. The van der Waals surface area contributed by atoms with Crippen LogP contribution in [0, 0.1) is 5.82 Å². The normalized spacial score (nSPS) is 12.3. The molecule has 3 aromatic rings. The average molecular weight is 349 g/mol. The van der Waals surface area contributed by atoms with E-state index in [1.54, 1.807) is 0 Å². The Hall–Kier alpha value is -3.34. The quantitative estimate of drug-likeness (QED) is 0.662. The molecular weight excluding hydrogens is 333 g/mol. The summed E-state index contributed by atoms with van der Waals surface area (Å²) in [7, 11) is 0. The average Bonchev–Trinajstić information content (AvgIpc) is 2.96. The summed E-state index contributed by atoms with van der Waals surface area (Å²) in [4.78, 5) is 12.1. The largest absolute Gasteiger partial charge is 0.506 e. The van der Waals surface area contributed by atoms with Crippen LogP contribution in [0.3, 0.4) is 0 Å². The van der Waals surface area contributed by atoms with Gasteiger partial charge in [0.25, 0.3) is 0 Å². The van der Waals surface area contributed by atoms with Gasteiger partial charge >= 0.3 is 6.09 Å². The summed E-state index contributed by atoms with van der Waals surface area (Å²) in [5.41, 5.74) is 4.63. The van der Waals surface area contributed by atoms with E-state index in [1.807, 2.05) is 36.4 Å².